The second kappa shape index (κ2) is 6.21. The van der Waals surface area contributed by atoms with Crippen LogP contribution in [0.1, 0.15) is 24.7 Å². The molecule has 0 aliphatic heterocycles. The molecule has 0 unspecified atom stereocenters. The average molecular weight is 277 g/mol. The summed E-state index contributed by atoms with van der Waals surface area (Å²) >= 11 is 0. The van der Waals surface area contributed by atoms with E-state index < -0.39 is 11.6 Å². The summed E-state index contributed by atoms with van der Waals surface area (Å²) in [6.45, 7) is 3.18. The lowest BCUT2D eigenvalue weighted by Crippen LogP contribution is -2.14. The van der Waals surface area contributed by atoms with E-state index in [4.69, 9.17) is 5.26 Å². The van der Waals surface area contributed by atoms with Crippen LogP contribution in [-0.4, -0.2) is 21.3 Å². The topological polar surface area (TPSA) is 66.5 Å². The molecule has 0 radical (unpaired) electrons. The number of nitrogens with one attached hydrogen (secondary N) is 1. The molecule has 1 N–H and O–H groups in total. The molecule has 1 aromatic heterocycles. The van der Waals surface area contributed by atoms with Crippen molar-refractivity contribution in [2.45, 2.75) is 19.9 Å². The van der Waals surface area contributed by atoms with Crippen molar-refractivity contribution in [3.63, 3.8) is 0 Å². The van der Waals surface area contributed by atoms with Crippen molar-refractivity contribution < 1.29 is 8.78 Å². The third-order valence-corrected chi connectivity index (χ3v) is 2.65. The van der Waals surface area contributed by atoms with Gasteiger partial charge in [0.2, 0.25) is 0 Å². The van der Waals surface area contributed by atoms with Gasteiger partial charge in [0.05, 0.1) is 0 Å². The Hall–Kier alpha value is -2.33. The van der Waals surface area contributed by atoms with Crippen LogP contribution >= 0.6 is 0 Å². The Morgan fingerprint density at radius 2 is 2.05 bits per heavy atom. The highest BCUT2D eigenvalue weighted by molar-refractivity contribution is 5.37. The summed E-state index contributed by atoms with van der Waals surface area (Å²) in [4.78, 5) is 3.62. The summed E-state index contributed by atoms with van der Waals surface area (Å²) in [5.74, 6) is -1.63. The van der Waals surface area contributed by atoms with E-state index in [0.29, 0.717) is 12.1 Å². The van der Waals surface area contributed by atoms with Crippen molar-refractivity contribution in [1.82, 2.24) is 20.1 Å². The van der Waals surface area contributed by atoms with Gasteiger partial charge in [0, 0.05) is 6.54 Å². The number of nitrogens with zero attached hydrogens (tertiary/aromatic N) is 4. The highest BCUT2D eigenvalue weighted by Crippen LogP contribution is 2.19. The largest absolute Gasteiger partial charge is 0.313 e. The quantitative estimate of drug-likeness (QED) is 0.848. The fourth-order valence-corrected chi connectivity index (χ4v) is 1.77. The molecule has 0 saturated heterocycles. The minimum atomic E-state index is -0.743. The number of rotatable bonds is 5. The Kier molecular flexibility index (Phi) is 4.38. The standard InChI is InChI=1S/C13H13F2N5/c1-2-3-17-7-9-4-10(14)13(11(15)5-9)20-8-18-12(6-16)19-20/h4-5,8,17H,2-3,7H2,1H3. The molecule has 104 valence electrons. The lowest BCUT2D eigenvalue weighted by atomic mass is 10.2. The molecule has 1 heterocycles. The normalized spacial score (nSPS) is 10.5. The minimum absolute atomic E-state index is 0.141. The first-order valence-corrected chi connectivity index (χ1v) is 6.16. The lowest BCUT2D eigenvalue weighted by molar-refractivity contribution is 0.553. The molecule has 0 spiro atoms. The molecule has 0 fully saturated rings. The van der Waals surface area contributed by atoms with Crippen molar-refractivity contribution in [3.8, 4) is 11.8 Å². The molecule has 0 amide bonds. The van der Waals surface area contributed by atoms with Gasteiger partial charge in [-0.15, -0.1) is 5.10 Å². The maximum absolute atomic E-state index is 14.0. The van der Waals surface area contributed by atoms with Crippen LogP contribution in [0.4, 0.5) is 8.78 Å². The molecule has 2 aromatic rings. The molecule has 5 nitrogen and oxygen atoms in total. The summed E-state index contributed by atoms with van der Waals surface area (Å²) < 4.78 is 28.9. The molecule has 0 aliphatic rings. The van der Waals surface area contributed by atoms with Crippen molar-refractivity contribution in [2.75, 3.05) is 6.54 Å². The Morgan fingerprint density at radius 3 is 2.60 bits per heavy atom. The zero-order chi connectivity index (χ0) is 14.5. The van der Waals surface area contributed by atoms with E-state index in [2.05, 4.69) is 15.4 Å². The predicted molar refractivity (Wildman–Crippen MR) is 68.0 cm³/mol. The number of hydrogen-bond acceptors (Lipinski definition) is 4. The van der Waals surface area contributed by atoms with Gasteiger partial charge in [0.1, 0.15) is 18.1 Å². The Morgan fingerprint density at radius 1 is 1.35 bits per heavy atom. The van der Waals surface area contributed by atoms with Gasteiger partial charge in [0.15, 0.2) is 11.6 Å². The summed E-state index contributed by atoms with van der Waals surface area (Å²) in [5.41, 5.74) is 0.177. The fourth-order valence-electron chi connectivity index (χ4n) is 1.77. The smallest absolute Gasteiger partial charge is 0.252 e. The van der Waals surface area contributed by atoms with E-state index in [1.165, 1.54) is 12.1 Å². The van der Waals surface area contributed by atoms with Gasteiger partial charge in [-0.05, 0) is 30.7 Å². The first-order valence-electron chi connectivity index (χ1n) is 6.16. The summed E-state index contributed by atoms with van der Waals surface area (Å²) in [6.07, 6.45) is 2.05. The van der Waals surface area contributed by atoms with Crippen LogP contribution in [0.15, 0.2) is 18.5 Å². The molecular formula is C13H13F2N5. The predicted octanol–water partition coefficient (Wildman–Crippen LogP) is 1.92. The molecule has 0 saturated carbocycles. The summed E-state index contributed by atoms with van der Waals surface area (Å²) in [5, 5.41) is 15.4. The zero-order valence-corrected chi connectivity index (χ0v) is 10.9. The molecular weight excluding hydrogens is 264 g/mol. The van der Waals surface area contributed by atoms with Gasteiger partial charge < -0.3 is 5.32 Å². The highest BCUT2D eigenvalue weighted by Gasteiger charge is 2.15. The molecule has 7 heteroatoms. The van der Waals surface area contributed by atoms with Crippen LogP contribution < -0.4 is 5.32 Å². The second-order valence-electron chi connectivity index (χ2n) is 4.21. The highest BCUT2D eigenvalue weighted by atomic mass is 19.1. The van der Waals surface area contributed by atoms with Crippen LogP contribution in [0.25, 0.3) is 5.69 Å². The first-order chi connectivity index (χ1) is 9.65. The van der Waals surface area contributed by atoms with Crippen LogP contribution in [0.5, 0.6) is 0 Å². The molecule has 0 atom stereocenters. The maximum Gasteiger partial charge on any atom is 0.252 e. The van der Waals surface area contributed by atoms with E-state index in [9.17, 15) is 8.78 Å². The number of halogens is 2. The molecule has 20 heavy (non-hydrogen) atoms. The molecule has 0 aliphatic carbocycles. The van der Waals surface area contributed by atoms with E-state index in [1.807, 2.05) is 6.92 Å². The van der Waals surface area contributed by atoms with Crippen molar-refractivity contribution in [3.05, 3.63) is 41.5 Å². The third-order valence-electron chi connectivity index (χ3n) is 2.65. The van der Waals surface area contributed by atoms with Gasteiger partial charge in [-0.25, -0.2) is 18.4 Å². The summed E-state index contributed by atoms with van der Waals surface area (Å²) in [6, 6.07) is 4.19. The Balaban J connectivity index is 2.29. The van der Waals surface area contributed by atoms with E-state index >= 15 is 0 Å². The summed E-state index contributed by atoms with van der Waals surface area (Å²) in [7, 11) is 0. The monoisotopic (exact) mass is 277 g/mol. The van der Waals surface area contributed by atoms with E-state index in [0.717, 1.165) is 24.0 Å². The molecule has 0 bridgehead atoms. The first kappa shape index (κ1) is 14.1. The zero-order valence-electron chi connectivity index (χ0n) is 10.9. The van der Waals surface area contributed by atoms with Crippen molar-refractivity contribution in [2.24, 2.45) is 0 Å². The molecule has 2 rings (SSSR count). The van der Waals surface area contributed by atoms with Crippen LogP contribution in [0.3, 0.4) is 0 Å². The van der Waals surface area contributed by atoms with Crippen LogP contribution in [0, 0.1) is 23.0 Å². The van der Waals surface area contributed by atoms with Gasteiger partial charge in [-0.1, -0.05) is 6.92 Å². The Labute approximate surface area is 114 Å². The van der Waals surface area contributed by atoms with Gasteiger partial charge in [0.25, 0.3) is 5.82 Å². The average Bonchev–Trinajstić information content (AvgIpc) is 2.87. The van der Waals surface area contributed by atoms with Gasteiger partial charge in [-0.3, -0.25) is 0 Å². The number of nitriles is 1. The lowest BCUT2D eigenvalue weighted by Gasteiger charge is -2.08. The van der Waals surface area contributed by atoms with Gasteiger partial charge in [-0.2, -0.15) is 5.26 Å². The van der Waals surface area contributed by atoms with Gasteiger partial charge >= 0.3 is 0 Å². The minimum Gasteiger partial charge on any atom is -0.313 e. The van der Waals surface area contributed by atoms with Crippen LogP contribution in [-0.2, 0) is 6.54 Å². The molecule has 1 aromatic carbocycles. The van der Waals surface area contributed by atoms with E-state index in [-0.39, 0.29) is 11.5 Å². The van der Waals surface area contributed by atoms with Crippen molar-refractivity contribution in [1.29, 1.82) is 5.26 Å². The third kappa shape index (κ3) is 2.97. The number of aromatic nitrogens is 3. The fraction of sp³-hybridized carbons (Fsp3) is 0.308. The maximum atomic E-state index is 14.0. The van der Waals surface area contributed by atoms with Crippen molar-refractivity contribution >= 4 is 0 Å². The second-order valence-corrected chi connectivity index (χ2v) is 4.21. The van der Waals surface area contributed by atoms with Crippen LogP contribution in [0.2, 0.25) is 0 Å². The Bertz CT molecular complexity index is 621. The number of benzene rings is 1. The number of hydrogen-bond donors (Lipinski definition) is 1. The SMILES string of the molecule is CCCNCc1cc(F)c(-n2cnc(C#N)n2)c(F)c1. The van der Waals surface area contributed by atoms with E-state index in [1.54, 1.807) is 6.07 Å².